The highest BCUT2D eigenvalue weighted by atomic mass is 31.2. The molecule has 340 valence electrons. The highest BCUT2D eigenvalue weighted by Gasteiger charge is 2.24. The SMILES string of the molecule is CCCCCCCCCCCCCC/C=C/[C@@H](O)[C@H](COP(=O)(O)O)NC(=O)CCCCCCCCCCCCCCCCCCCCCCCCCCCCC. The molecule has 0 fully saturated rings. The zero-order chi connectivity index (χ0) is 41.8. The van der Waals surface area contributed by atoms with Crippen LogP contribution >= 0.6 is 7.82 Å². The van der Waals surface area contributed by atoms with Crippen molar-refractivity contribution in [3.63, 3.8) is 0 Å². The maximum Gasteiger partial charge on any atom is 0.469 e. The normalized spacial score (nSPS) is 13.1. The average Bonchev–Trinajstić information content (AvgIpc) is 3.18. The quantitative estimate of drug-likeness (QED) is 0.0276. The van der Waals surface area contributed by atoms with E-state index >= 15 is 0 Å². The van der Waals surface area contributed by atoms with Gasteiger partial charge in [0.25, 0.3) is 0 Å². The molecule has 0 aromatic heterocycles. The van der Waals surface area contributed by atoms with E-state index in [1.807, 2.05) is 6.08 Å². The van der Waals surface area contributed by atoms with Crippen molar-refractivity contribution < 1.29 is 28.8 Å². The maximum atomic E-state index is 12.6. The Labute approximate surface area is 354 Å². The van der Waals surface area contributed by atoms with E-state index in [9.17, 15) is 24.3 Å². The Hall–Kier alpha value is -0.720. The second-order valence-corrected chi connectivity index (χ2v) is 18.7. The van der Waals surface area contributed by atoms with E-state index < -0.39 is 26.6 Å². The first-order valence-corrected chi connectivity index (χ1v) is 26.7. The number of hydrogen-bond donors (Lipinski definition) is 4. The molecule has 7 nitrogen and oxygen atoms in total. The van der Waals surface area contributed by atoms with Crippen molar-refractivity contribution in [1.29, 1.82) is 0 Å². The third kappa shape index (κ3) is 46.2. The molecule has 0 radical (unpaired) electrons. The molecule has 1 amide bonds. The average molecular weight is 828 g/mol. The number of aliphatic hydroxyl groups is 1. The van der Waals surface area contributed by atoms with Gasteiger partial charge in [-0.2, -0.15) is 0 Å². The van der Waals surface area contributed by atoms with Gasteiger partial charge in [0.2, 0.25) is 5.91 Å². The molecule has 4 N–H and O–H groups in total. The van der Waals surface area contributed by atoms with Crippen LogP contribution in [0.5, 0.6) is 0 Å². The summed E-state index contributed by atoms with van der Waals surface area (Å²) in [5.41, 5.74) is 0. The number of phosphoric ester groups is 1. The van der Waals surface area contributed by atoms with Crippen molar-refractivity contribution >= 4 is 13.7 Å². The van der Waals surface area contributed by atoms with Crippen LogP contribution in [-0.2, 0) is 13.9 Å². The van der Waals surface area contributed by atoms with Gasteiger partial charge < -0.3 is 20.2 Å². The number of aliphatic hydroxyl groups excluding tert-OH is 1. The summed E-state index contributed by atoms with van der Waals surface area (Å²) >= 11 is 0. The molecule has 0 saturated carbocycles. The predicted octanol–water partition coefficient (Wildman–Crippen LogP) is 15.5. The molecule has 0 bridgehead atoms. The highest BCUT2D eigenvalue weighted by molar-refractivity contribution is 7.46. The molecule has 8 heteroatoms. The van der Waals surface area contributed by atoms with Crippen LogP contribution in [0.2, 0.25) is 0 Å². The molecule has 0 aromatic rings. The van der Waals surface area contributed by atoms with Crippen molar-refractivity contribution in [3.8, 4) is 0 Å². The highest BCUT2D eigenvalue weighted by Crippen LogP contribution is 2.36. The number of phosphoric acid groups is 1. The second kappa shape index (κ2) is 44.8. The summed E-state index contributed by atoms with van der Waals surface area (Å²) in [7, 11) is -4.71. The molecule has 2 atom stereocenters. The monoisotopic (exact) mass is 828 g/mol. The lowest BCUT2D eigenvalue weighted by molar-refractivity contribution is -0.123. The minimum atomic E-state index is -4.71. The van der Waals surface area contributed by atoms with Crippen molar-refractivity contribution in [2.45, 2.75) is 289 Å². The van der Waals surface area contributed by atoms with E-state index in [1.54, 1.807) is 6.08 Å². The molecule has 0 aliphatic carbocycles. The first-order chi connectivity index (χ1) is 27.8. The van der Waals surface area contributed by atoms with Gasteiger partial charge in [-0.25, -0.2) is 4.57 Å². The van der Waals surface area contributed by atoms with Crippen LogP contribution in [0.15, 0.2) is 12.2 Å². The summed E-state index contributed by atoms with van der Waals surface area (Å²) < 4.78 is 16.0. The minimum absolute atomic E-state index is 0.220. The zero-order valence-electron chi connectivity index (χ0n) is 38.0. The third-order valence-corrected chi connectivity index (χ3v) is 12.2. The van der Waals surface area contributed by atoms with Crippen LogP contribution in [0.25, 0.3) is 0 Å². The number of carbonyl (C=O) groups excluding carboxylic acids is 1. The molecule has 0 aliphatic rings. The lowest BCUT2D eigenvalue weighted by Crippen LogP contribution is -2.45. The summed E-state index contributed by atoms with van der Waals surface area (Å²) in [6.45, 7) is 4.10. The van der Waals surface area contributed by atoms with Crippen molar-refractivity contribution in [1.82, 2.24) is 5.32 Å². The van der Waals surface area contributed by atoms with Gasteiger partial charge in [-0.05, 0) is 19.3 Å². The predicted molar refractivity (Wildman–Crippen MR) is 246 cm³/mol. The number of allylic oxidation sites excluding steroid dienone is 1. The smallest absolute Gasteiger partial charge is 0.387 e. The number of rotatable bonds is 47. The van der Waals surface area contributed by atoms with E-state index in [-0.39, 0.29) is 5.91 Å². The summed E-state index contributed by atoms with van der Waals surface area (Å²) in [5.74, 6) is -0.220. The van der Waals surface area contributed by atoms with Crippen LogP contribution < -0.4 is 5.32 Å². The number of unbranched alkanes of at least 4 members (excludes halogenated alkanes) is 38. The summed E-state index contributed by atoms with van der Waals surface area (Å²) in [6.07, 6.45) is 55.5. The molecule has 0 saturated heterocycles. The third-order valence-electron chi connectivity index (χ3n) is 11.7. The Morgan fingerprint density at radius 2 is 0.772 bits per heavy atom. The molecule has 0 heterocycles. The molecule has 0 spiro atoms. The van der Waals surface area contributed by atoms with Gasteiger partial charge in [-0.3, -0.25) is 9.32 Å². The first-order valence-electron chi connectivity index (χ1n) is 25.1. The van der Waals surface area contributed by atoms with Gasteiger partial charge in [0.05, 0.1) is 18.8 Å². The van der Waals surface area contributed by atoms with Crippen molar-refractivity contribution in [2.24, 2.45) is 0 Å². The number of nitrogens with one attached hydrogen (secondary N) is 1. The number of amides is 1. The Kier molecular flexibility index (Phi) is 44.3. The van der Waals surface area contributed by atoms with Crippen molar-refractivity contribution in [3.05, 3.63) is 12.2 Å². The van der Waals surface area contributed by atoms with Crippen LogP contribution in [0.1, 0.15) is 277 Å². The van der Waals surface area contributed by atoms with E-state index in [0.717, 1.165) is 38.5 Å². The fraction of sp³-hybridized carbons (Fsp3) is 0.939. The van der Waals surface area contributed by atoms with Crippen molar-refractivity contribution in [2.75, 3.05) is 6.61 Å². The molecule has 0 aliphatic heterocycles. The van der Waals surface area contributed by atoms with E-state index in [4.69, 9.17) is 0 Å². The van der Waals surface area contributed by atoms with Crippen LogP contribution in [0, 0.1) is 0 Å². The Bertz CT molecular complexity index is 895. The van der Waals surface area contributed by atoms with Gasteiger partial charge in [-0.1, -0.05) is 264 Å². The topological polar surface area (TPSA) is 116 Å². The number of carbonyl (C=O) groups is 1. The molecule has 57 heavy (non-hydrogen) atoms. The van der Waals surface area contributed by atoms with Crippen LogP contribution in [-0.4, -0.2) is 39.6 Å². The first kappa shape index (κ1) is 56.3. The van der Waals surface area contributed by atoms with Gasteiger partial charge >= 0.3 is 7.82 Å². The summed E-state index contributed by atoms with van der Waals surface area (Å²) in [4.78, 5) is 31.0. The lowest BCUT2D eigenvalue weighted by atomic mass is 10.0. The fourth-order valence-electron chi connectivity index (χ4n) is 7.93. The minimum Gasteiger partial charge on any atom is -0.387 e. The zero-order valence-corrected chi connectivity index (χ0v) is 38.9. The second-order valence-electron chi connectivity index (χ2n) is 17.5. The number of hydrogen-bond acceptors (Lipinski definition) is 4. The Morgan fingerprint density at radius 1 is 0.491 bits per heavy atom. The van der Waals surface area contributed by atoms with Gasteiger partial charge in [0.15, 0.2) is 0 Å². The molecule has 0 aromatic carbocycles. The van der Waals surface area contributed by atoms with Crippen LogP contribution in [0.4, 0.5) is 0 Å². The molecular weight excluding hydrogens is 730 g/mol. The largest absolute Gasteiger partial charge is 0.469 e. The molecule has 0 unspecified atom stereocenters. The Balaban J connectivity index is 3.74. The lowest BCUT2D eigenvalue weighted by Gasteiger charge is -2.22. The van der Waals surface area contributed by atoms with Gasteiger partial charge in [0, 0.05) is 6.42 Å². The molecular formula is C49H98NO6P. The maximum absolute atomic E-state index is 12.6. The van der Waals surface area contributed by atoms with Gasteiger partial charge in [0.1, 0.15) is 0 Å². The standard InChI is InChI=1S/C49H98NO6P/c1-3-5-7-9-11-13-15-17-19-20-21-22-23-24-25-26-27-28-29-30-31-33-35-37-39-41-43-45-49(52)50-47(46-56-57(53,54)55)48(51)44-42-40-38-36-34-32-18-16-14-12-10-8-6-4-2/h42,44,47-48,51H,3-41,43,45-46H2,1-2H3,(H,50,52)(H2,53,54,55)/b44-42+/t47-,48+/m0/s1. The summed E-state index contributed by atoms with van der Waals surface area (Å²) in [5, 5.41) is 13.4. The van der Waals surface area contributed by atoms with Crippen LogP contribution in [0.3, 0.4) is 0 Å². The van der Waals surface area contributed by atoms with E-state index in [0.29, 0.717) is 6.42 Å². The fourth-order valence-corrected chi connectivity index (χ4v) is 8.29. The summed E-state index contributed by atoms with van der Waals surface area (Å²) in [6, 6.07) is -0.905. The molecule has 0 rings (SSSR count). The van der Waals surface area contributed by atoms with E-state index in [2.05, 4.69) is 23.7 Å². The Morgan fingerprint density at radius 3 is 1.07 bits per heavy atom. The van der Waals surface area contributed by atoms with E-state index in [1.165, 1.54) is 218 Å². The van der Waals surface area contributed by atoms with Gasteiger partial charge in [-0.15, -0.1) is 0 Å².